The summed E-state index contributed by atoms with van der Waals surface area (Å²) >= 11 is 0. The molecule has 1 fully saturated rings. The summed E-state index contributed by atoms with van der Waals surface area (Å²) in [5, 5.41) is 2.73. The highest BCUT2D eigenvalue weighted by molar-refractivity contribution is 7.92. The minimum absolute atomic E-state index is 0.00210. The highest BCUT2D eigenvalue weighted by atomic mass is 32.2. The van der Waals surface area contributed by atoms with Gasteiger partial charge in [-0.15, -0.1) is 0 Å². The van der Waals surface area contributed by atoms with E-state index in [0.717, 1.165) is 36.8 Å². The van der Waals surface area contributed by atoms with Gasteiger partial charge in [0.25, 0.3) is 15.9 Å². The van der Waals surface area contributed by atoms with Gasteiger partial charge in [0, 0.05) is 30.0 Å². The monoisotopic (exact) mass is 555 g/mol. The van der Waals surface area contributed by atoms with Crippen LogP contribution in [-0.4, -0.2) is 40.1 Å². The van der Waals surface area contributed by atoms with Gasteiger partial charge in [0.2, 0.25) is 10.0 Å². The van der Waals surface area contributed by atoms with E-state index in [-0.39, 0.29) is 15.4 Å². The second-order valence-electron chi connectivity index (χ2n) is 9.68. The van der Waals surface area contributed by atoms with Crippen LogP contribution in [0, 0.1) is 20.8 Å². The lowest BCUT2D eigenvalue weighted by Gasteiger charge is -2.20. The van der Waals surface area contributed by atoms with E-state index in [9.17, 15) is 21.6 Å². The van der Waals surface area contributed by atoms with Crippen molar-refractivity contribution in [2.24, 2.45) is 0 Å². The van der Waals surface area contributed by atoms with Crippen molar-refractivity contribution in [3.8, 4) is 0 Å². The number of hydrogen-bond acceptors (Lipinski definition) is 5. The molecule has 0 radical (unpaired) electrons. The average molecular weight is 556 g/mol. The second kappa shape index (κ2) is 11.3. The number of carbonyl (C=O) groups excluding carboxylic acids is 1. The molecule has 10 heteroatoms. The van der Waals surface area contributed by atoms with Crippen molar-refractivity contribution in [1.82, 2.24) is 4.31 Å². The predicted molar refractivity (Wildman–Crippen MR) is 150 cm³/mol. The summed E-state index contributed by atoms with van der Waals surface area (Å²) in [6.45, 7) is 6.54. The summed E-state index contributed by atoms with van der Waals surface area (Å²) < 4.78 is 56.4. The van der Waals surface area contributed by atoms with Crippen LogP contribution in [0.2, 0.25) is 0 Å². The number of amides is 1. The zero-order chi connectivity index (χ0) is 27.5. The van der Waals surface area contributed by atoms with Crippen LogP contribution in [0.15, 0.2) is 70.5 Å². The zero-order valence-electron chi connectivity index (χ0n) is 21.8. The minimum Gasteiger partial charge on any atom is -0.322 e. The highest BCUT2D eigenvalue weighted by Gasteiger charge is 2.25. The first-order chi connectivity index (χ1) is 18.0. The molecule has 0 unspecified atom stereocenters. The topological polar surface area (TPSA) is 113 Å². The van der Waals surface area contributed by atoms with E-state index < -0.39 is 26.0 Å². The Hall–Kier alpha value is -3.21. The Morgan fingerprint density at radius 1 is 0.711 bits per heavy atom. The molecule has 8 nitrogen and oxygen atoms in total. The van der Waals surface area contributed by atoms with Crippen molar-refractivity contribution >= 4 is 37.3 Å². The second-order valence-corrected chi connectivity index (χ2v) is 13.3. The third-order valence-corrected chi connectivity index (χ3v) is 10.3. The first-order valence-electron chi connectivity index (χ1n) is 12.6. The van der Waals surface area contributed by atoms with Gasteiger partial charge in [-0.2, -0.15) is 4.31 Å². The van der Waals surface area contributed by atoms with Crippen molar-refractivity contribution in [2.75, 3.05) is 23.1 Å². The molecule has 1 saturated heterocycles. The Balaban J connectivity index is 1.50. The zero-order valence-corrected chi connectivity index (χ0v) is 23.5. The van der Waals surface area contributed by atoms with Gasteiger partial charge in [-0.05, 0) is 98.8 Å². The van der Waals surface area contributed by atoms with Crippen LogP contribution < -0.4 is 10.0 Å². The fraction of sp³-hybridized carbons (Fsp3) is 0.321. The standard InChI is InChI=1S/C28H33N3O5S2/c1-20-9-11-25(18-22(20)3)30-37(33,34)27-19-23(10-8-21(27)2)28(32)29-24-12-14-26(15-13-24)38(35,36)31-16-6-4-5-7-17-31/h8-15,18-19,30H,4-7,16-17H2,1-3H3,(H,29,32). The fourth-order valence-corrected chi connectivity index (χ4v) is 7.23. The lowest BCUT2D eigenvalue weighted by Crippen LogP contribution is -2.31. The molecule has 0 spiro atoms. The summed E-state index contributed by atoms with van der Waals surface area (Å²) in [5.74, 6) is -0.504. The summed E-state index contributed by atoms with van der Waals surface area (Å²) in [6, 6.07) is 15.8. The number of aryl methyl sites for hydroxylation is 3. The number of hydrogen-bond donors (Lipinski definition) is 2. The Labute approximate surface area is 225 Å². The molecule has 1 amide bonds. The largest absolute Gasteiger partial charge is 0.322 e. The quantitative estimate of drug-likeness (QED) is 0.415. The third-order valence-electron chi connectivity index (χ3n) is 6.81. The van der Waals surface area contributed by atoms with E-state index in [0.29, 0.717) is 30.0 Å². The normalized spacial score (nSPS) is 15.0. The number of sulfonamides is 2. The van der Waals surface area contributed by atoms with Gasteiger partial charge in [0.1, 0.15) is 0 Å². The van der Waals surface area contributed by atoms with Gasteiger partial charge in [-0.3, -0.25) is 9.52 Å². The number of rotatable bonds is 7. The molecule has 4 rings (SSSR count). The number of carbonyl (C=O) groups is 1. The molecule has 0 bridgehead atoms. The molecule has 0 aliphatic carbocycles. The van der Waals surface area contributed by atoms with Crippen molar-refractivity contribution < 1.29 is 21.6 Å². The smallest absolute Gasteiger partial charge is 0.262 e. The Morgan fingerprint density at radius 3 is 1.95 bits per heavy atom. The lowest BCUT2D eigenvalue weighted by molar-refractivity contribution is 0.102. The molecule has 3 aromatic carbocycles. The fourth-order valence-electron chi connectivity index (χ4n) is 4.39. The van der Waals surface area contributed by atoms with E-state index in [1.807, 2.05) is 19.9 Å². The molecule has 3 aromatic rings. The van der Waals surface area contributed by atoms with Gasteiger partial charge >= 0.3 is 0 Å². The average Bonchev–Trinajstić information content (AvgIpc) is 3.17. The summed E-state index contributed by atoms with van der Waals surface area (Å²) in [7, 11) is -7.53. The van der Waals surface area contributed by atoms with Crippen molar-refractivity contribution in [2.45, 2.75) is 56.2 Å². The van der Waals surface area contributed by atoms with Crippen LogP contribution in [0.1, 0.15) is 52.7 Å². The molecule has 1 aliphatic rings. The van der Waals surface area contributed by atoms with Gasteiger partial charge in [-0.1, -0.05) is 25.0 Å². The Bertz CT molecular complexity index is 1540. The van der Waals surface area contributed by atoms with Crippen LogP contribution in [0.25, 0.3) is 0 Å². The lowest BCUT2D eigenvalue weighted by atomic mass is 10.1. The predicted octanol–water partition coefficient (Wildman–Crippen LogP) is 5.23. The van der Waals surface area contributed by atoms with Crippen LogP contribution in [0.3, 0.4) is 0 Å². The first kappa shape index (κ1) is 27.8. The van der Waals surface area contributed by atoms with E-state index in [2.05, 4.69) is 10.0 Å². The Morgan fingerprint density at radius 2 is 1.32 bits per heavy atom. The van der Waals surface area contributed by atoms with Gasteiger partial charge in [0.05, 0.1) is 9.79 Å². The number of nitrogens with zero attached hydrogens (tertiary/aromatic N) is 1. The SMILES string of the molecule is Cc1ccc(NS(=O)(=O)c2cc(C(=O)Nc3ccc(S(=O)(=O)N4CCCCCC4)cc3)ccc2C)cc1C. The highest BCUT2D eigenvalue weighted by Crippen LogP contribution is 2.24. The van der Waals surface area contributed by atoms with Crippen LogP contribution in [-0.2, 0) is 20.0 Å². The number of benzene rings is 3. The molecule has 202 valence electrons. The first-order valence-corrected chi connectivity index (χ1v) is 15.5. The molecule has 0 aromatic heterocycles. The number of anilines is 2. The summed E-state index contributed by atoms with van der Waals surface area (Å²) in [6.07, 6.45) is 3.75. The number of nitrogens with one attached hydrogen (secondary N) is 2. The molecule has 0 atom stereocenters. The maximum atomic E-state index is 13.1. The van der Waals surface area contributed by atoms with Crippen LogP contribution in [0.5, 0.6) is 0 Å². The van der Waals surface area contributed by atoms with E-state index in [1.165, 1.54) is 34.6 Å². The molecule has 1 aliphatic heterocycles. The molecule has 2 N–H and O–H groups in total. The Kier molecular flexibility index (Phi) is 8.25. The maximum absolute atomic E-state index is 13.1. The molecule has 1 heterocycles. The van der Waals surface area contributed by atoms with E-state index in [1.54, 1.807) is 31.2 Å². The molecular formula is C28H33N3O5S2. The molecule has 38 heavy (non-hydrogen) atoms. The molecular weight excluding hydrogens is 522 g/mol. The third kappa shape index (κ3) is 6.25. The van der Waals surface area contributed by atoms with Crippen molar-refractivity contribution in [3.05, 3.63) is 82.9 Å². The van der Waals surface area contributed by atoms with E-state index in [4.69, 9.17) is 0 Å². The van der Waals surface area contributed by atoms with E-state index >= 15 is 0 Å². The van der Waals surface area contributed by atoms with Crippen LogP contribution >= 0.6 is 0 Å². The van der Waals surface area contributed by atoms with Gasteiger partial charge in [-0.25, -0.2) is 16.8 Å². The summed E-state index contributed by atoms with van der Waals surface area (Å²) in [4.78, 5) is 13.1. The van der Waals surface area contributed by atoms with Crippen molar-refractivity contribution in [3.63, 3.8) is 0 Å². The minimum atomic E-state index is -3.94. The van der Waals surface area contributed by atoms with Gasteiger partial charge in [0.15, 0.2) is 0 Å². The van der Waals surface area contributed by atoms with Crippen LogP contribution in [0.4, 0.5) is 11.4 Å². The maximum Gasteiger partial charge on any atom is 0.262 e. The summed E-state index contributed by atoms with van der Waals surface area (Å²) in [5.41, 5.74) is 3.52. The van der Waals surface area contributed by atoms with Crippen molar-refractivity contribution in [1.29, 1.82) is 0 Å². The van der Waals surface area contributed by atoms with Gasteiger partial charge < -0.3 is 5.32 Å². The molecule has 0 saturated carbocycles.